The fourth-order valence-electron chi connectivity index (χ4n) is 2.49. The molecule has 4 heteroatoms. The average molecular weight is 402 g/mol. The first-order chi connectivity index (χ1) is 11.7. The molecular formula is C20H20BrNOS. The van der Waals surface area contributed by atoms with Crippen LogP contribution in [-0.4, -0.2) is 0 Å². The zero-order valence-electron chi connectivity index (χ0n) is 13.6. The molecule has 0 saturated heterocycles. The van der Waals surface area contributed by atoms with E-state index in [1.54, 1.807) is 11.3 Å². The van der Waals surface area contributed by atoms with Crippen LogP contribution in [0.1, 0.15) is 21.6 Å². The third kappa shape index (κ3) is 4.69. The lowest BCUT2D eigenvalue weighted by molar-refractivity contribution is 0.301. The second-order valence-corrected chi connectivity index (χ2v) is 7.60. The molecule has 3 aromatic rings. The third-order valence-electron chi connectivity index (χ3n) is 3.86. The Hall–Kier alpha value is -1.62. The van der Waals surface area contributed by atoms with Crippen molar-refractivity contribution in [2.75, 3.05) is 0 Å². The smallest absolute Gasteiger partial charge is 0.124 e. The first-order valence-electron chi connectivity index (χ1n) is 7.91. The summed E-state index contributed by atoms with van der Waals surface area (Å²) >= 11 is 5.32. The average Bonchev–Trinajstić information content (AvgIpc) is 3.09. The van der Waals surface area contributed by atoms with E-state index in [4.69, 9.17) is 4.74 Å². The maximum Gasteiger partial charge on any atom is 0.124 e. The molecule has 24 heavy (non-hydrogen) atoms. The molecule has 124 valence electrons. The van der Waals surface area contributed by atoms with Gasteiger partial charge in [0.25, 0.3) is 0 Å². The topological polar surface area (TPSA) is 21.3 Å². The predicted molar refractivity (Wildman–Crippen MR) is 105 cm³/mol. The molecule has 1 aromatic heterocycles. The van der Waals surface area contributed by atoms with Gasteiger partial charge >= 0.3 is 0 Å². The number of hydrogen-bond donors (Lipinski definition) is 1. The van der Waals surface area contributed by atoms with Crippen LogP contribution >= 0.6 is 27.3 Å². The lowest BCUT2D eigenvalue weighted by Crippen LogP contribution is -2.13. The van der Waals surface area contributed by atoms with Gasteiger partial charge in [-0.2, -0.15) is 0 Å². The Morgan fingerprint density at radius 3 is 2.67 bits per heavy atom. The van der Waals surface area contributed by atoms with Crippen molar-refractivity contribution in [1.82, 2.24) is 5.32 Å². The van der Waals surface area contributed by atoms with Crippen molar-refractivity contribution in [3.63, 3.8) is 0 Å². The van der Waals surface area contributed by atoms with Crippen molar-refractivity contribution in [2.45, 2.75) is 26.6 Å². The highest BCUT2D eigenvalue weighted by atomic mass is 79.9. The molecule has 0 fully saturated rings. The van der Waals surface area contributed by atoms with E-state index in [1.165, 1.54) is 16.0 Å². The molecule has 2 aromatic carbocycles. The number of hydrogen-bond acceptors (Lipinski definition) is 3. The number of benzene rings is 2. The zero-order valence-corrected chi connectivity index (χ0v) is 16.0. The van der Waals surface area contributed by atoms with E-state index in [-0.39, 0.29) is 0 Å². The maximum absolute atomic E-state index is 6.09. The Morgan fingerprint density at radius 1 is 1.00 bits per heavy atom. The molecule has 1 heterocycles. The SMILES string of the molecule is Cc1ccccc1COc1ccc(Br)cc1CNCc1cccs1. The van der Waals surface area contributed by atoms with E-state index in [1.807, 2.05) is 12.1 Å². The van der Waals surface area contributed by atoms with Gasteiger partial charge in [-0.25, -0.2) is 0 Å². The minimum absolute atomic E-state index is 0.590. The van der Waals surface area contributed by atoms with E-state index < -0.39 is 0 Å². The van der Waals surface area contributed by atoms with E-state index in [0.29, 0.717) is 6.61 Å². The Bertz CT molecular complexity index is 786. The number of thiophene rings is 1. The van der Waals surface area contributed by atoms with Gasteiger partial charge in [0.1, 0.15) is 12.4 Å². The van der Waals surface area contributed by atoms with Crippen LogP contribution in [-0.2, 0) is 19.7 Å². The van der Waals surface area contributed by atoms with Gasteiger partial charge < -0.3 is 10.1 Å². The van der Waals surface area contributed by atoms with Crippen LogP contribution in [0.3, 0.4) is 0 Å². The molecule has 3 rings (SSSR count). The number of nitrogens with one attached hydrogen (secondary N) is 1. The van der Waals surface area contributed by atoms with E-state index >= 15 is 0 Å². The van der Waals surface area contributed by atoms with Crippen molar-refractivity contribution in [2.24, 2.45) is 0 Å². The van der Waals surface area contributed by atoms with Gasteiger partial charge in [0.15, 0.2) is 0 Å². The molecule has 0 aliphatic heterocycles. The second kappa shape index (κ2) is 8.47. The quantitative estimate of drug-likeness (QED) is 0.548. The first kappa shape index (κ1) is 17.2. The maximum atomic E-state index is 6.09. The number of rotatable bonds is 7. The summed E-state index contributed by atoms with van der Waals surface area (Å²) in [6.07, 6.45) is 0. The van der Waals surface area contributed by atoms with E-state index in [9.17, 15) is 0 Å². The lowest BCUT2D eigenvalue weighted by atomic mass is 10.1. The van der Waals surface area contributed by atoms with Gasteiger partial charge in [-0.15, -0.1) is 11.3 Å². The molecule has 0 saturated carbocycles. The Labute approximate surface area is 155 Å². The van der Waals surface area contributed by atoms with Gasteiger partial charge in [-0.1, -0.05) is 46.3 Å². The molecule has 0 radical (unpaired) electrons. The minimum atomic E-state index is 0.590. The molecular weight excluding hydrogens is 382 g/mol. The molecule has 0 aliphatic rings. The summed E-state index contributed by atoms with van der Waals surface area (Å²) in [6.45, 7) is 4.36. The van der Waals surface area contributed by atoms with Crippen molar-refractivity contribution < 1.29 is 4.74 Å². The van der Waals surface area contributed by atoms with Crippen molar-refractivity contribution >= 4 is 27.3 Å². The van der Waals surface area contributed by atoms with Crippen molar-refractivity contribution in [1.29, 1.82) is 0 Å². The largest absolute Gasteiger partial charge is 0.489 e. The van der Waals surface area contributed by atoms with Crippen LogP contribution < -0.4 is 10.1 Å². The molecule has 0 spiro atoms. The zero-order chi connectivity index (χ0) is 16.8. The monoisotopic (exact) mass is 401 g/mol. The van der Waals surface area contributed by atoms with Crippen molar-refractivity contribution in [3.05, 3.63) is 86.0 Å². The molecule has 0 unspecified atom stereocenters. The first-order valence-corrected chi connectivity index (χ1v) is 9.58. The van der Waals surface area contributed by atoms with Gasteiger partial charge in [0, 0.05) is 28.0 Å². The highest BCUT2D eigenvalue weighted by Crippen LogP contribution is 2.25. The summed E-state index contributed by atoms with van der Waals surface area (Å²) in [5.74, 6) is 0.931. The number of ether oxygens (including phenoxy) is 1. The minimum Gasteiger partial charge on any atom is -0.489 e. The Morgan fingerprint density at radius 2 is 1.88 bits per heavy atom. The lowest BCUT2D eigenvalue weighted by Gasteiger charge is -2.14. The summed E-state index contributed by atoms with van der Waals surface area (Å²) in [7, 11) is 0. The highest BCUT2D eigenvalue weighted by Gasteiger charge is 2.06. The molecule has 0 amide bonds. The summed E-state index contributed by atoms with van der Waals surface area (Å²) in [4.78, 5) is 1.34. The van der Waals surface area contributed by atoms with E-state index in [0.717, 1.165) is 28.9 Å². The van der Waals surface area contributed by atoms with Gasteiger partial charge in [0.2, 0.25) is 0 Å². The van der Waals surface area contributed by atoms with Crippen LogP contribution in [0.25, 0.3) is 0 Å². The third-order valence-corrected chi connectivity index (χ3v) is 5.23. The summed E-state index contributed by atoms with van der Waals surface area (Å²) in [6, 6.07) is 18.7. The second-order valence-electron chi connectivity index (χ2n) is 5.65. The normalized spacial score (nSPS) is 10.8. The van der Waals surface area contributed by atoms with Gasteiger partial charge in [-0.3, -0.25) is 0 Å². The van der Waals surface area contributed by atoms with Crippen LogP contribution in [0.15, 0.2) is 64.5 Å². The summed E-state index contributed by atoms with van der Waals surface area (Å²) in [5, 5.41) is 5.59. The number of aryl methyl sites for hydroxylation is 1. The highest BCUT2D eigenvalue weighted by molar-refractivity contribution is 9.10. The van der Waals surface area contributed by atoms with E-state index in [2.05, 4.69) is 76.0 Å². The molecule has 0 aliphatic carbocycles. The van der Waals surface area contributed by atoms with Crippen LogP contribution in [0.4, 0.5) is 0 Å². The molecule has 1 N–H and O–H groups in total. The van der Waals surface area contributed by atoms with Crippen LogP contribution in [0, 0.1) is 6.92 Å². The fraction of sp³-hybridized carbons (Fsp3) is 0.200. The predicted octanol–water partition coefficient (Wildman–Crippen LogP) is 5.69. The standard InChI is InChI=1S/C20H20BrNOS/c1-15-5-2-3-6-16(15)14-23-20-9-8-18(21)11-17(20)12-22-13-19-7-4-10-24-19/h2-11,22H,12-14H2,1H3. The number of halogens is 1. The van der Waals surface area contributed by atoms with Crippen LogP contribution in [0.2, 0.25) is 0 Å². The summed E-state index contributed by atoms with van der Waals surface area (Å²) in [5.41, 5.74) is 3.64. The summed E-state index contributed by atoms with van der Waals surface area (Å²) < 4.78 is 7.16. The molecule has 0 atom stereocenters. The Balaban J connectivity index is 1.65. The van der Waals surface area contributed by atoms with Crippen LogP contribution in [0.5, 0.6) is 5.75 Å². The Kier molecular flexibility index (Phi) is 6.07. The van der Waals surface area contributed by atoms with Crippen molar-refractivity contribution in [3.8, 4) is 5.75 Å². The fourth-order valence-corrected chi connectivity index (χ4v) is 3.57. The molecule has 2 nitrogen and oxygen atoms in total. The van der Waals surface area contributed by atoms with Gasteiger partial charge in [-0.05, 0) is 47.7 Å². The molecule has 0 bridgehead atoms. The van der Waals surface area contributed by atoms with Gasteiger partial charge in [0.05, 0.1) is 0 Å².